The Morgan fingerprint density at radius 2 is 1.36 bits per heavy atom. The Labute approximate surface area is 210 Å². The Bertz CT molecular complexity index is 1060. The van der Waals surface area contributed by atoms with Crippen LogP contribution in [0.1, 0.15) is 21.5 Å². The van der Waals surface area contributed by atoms with E-state index in [4.69, 9.17) is 29.2 Å². The molecule has 0 heterocycles. The van der Waals surface area contributed by atoms with Crippen LogP contribution in [0.25, 0.3) is 6.08 Å². The second kappa shape index (κ2) is 18.8. The Balaban J connectivity index is 0.000000679. The summed E-state index contributed by atoms with van der Waals surface area (Å²) in [4.78, 5) is 30.5. The molecular formula is C27H30O9. The van der Waals surface area contributed by atoms with Gasteiger partial charge in [0.25, 0.3) is 12.9 Å². The number of benzene rings is 3. The van der Waals surface area contributed by atoms with Crippen molar-refractivity contribution in [3.8, 4) is 23.0 Å². The molecule has 0 amide bonds. The highest BCUT2D eigenvalue weighted by atomic mass is 16.5. The maximum absolute atomic E-state index is 12.0. The molecule has 0 spiro atoms. The molecule has 0 radical (unpaired) electrons. The minimum atomic E-state index is -0.489. The number of rotatable bonds is 7. The van der Waals surface area contributed by atoms with Crippen LogP contribution in [0.15, 0.2) is 73.3 Å². The minimum Gasteiger partial charge on any atom is -0.497 e. The van der Waals surface area contributed by atoms with Gasteiger partial charge in [0.2, 0.25) is 0 Å². The predicted molar refractivity (Wildman–Crippen MR) is 136 cm³/mol. The molecule has 3 aromatic carbocycles. The van der Waals surface area contributed by atoms with E-state index in [1.807, 2.05) is 31.2 Å². The van der Waals surface area contributed by atoms with Crippen LogP contribution in [0.3, 0.4) is 0 Å². The van der Waals surface area contributed by atoms with Gasteiger partial charge in [0.05, 0.1) is 19.8 Å². The van der Waals surface area contributed by atoms with Gasteiger partial charge in [-0.15, -0.1) is 0 Å². The number of methoxy groups -OCH3 is 2. The number of carbonyl (C=O) groups is 3. The van der Waals surface area contributed by atoms with E-state index < -0.39 is 5.97 Å². The van der Waals surface area contributed by atoms with Crippen LogP contribution in [0.5, 0.6) is 23.0 Å². The molecule has 2 N–H and O–H groups in total. The molecule has 0 unspecified atom stereocenters. The molecule has 0 aliphatic heterocycles. The standard InChI is InChI=1S/C16H14O5.C9H10O.CH2O2.CH4O/c1-11-9-14(7-8-15(11)19-2)21-16(18)12-3-5-13(6-4-12)20-10-17;1-3-8-4-6-9(10-2)7-5-8;2-1-3;1-2/h3-10H,1-2H3;3-7H,1H2,2H3;1H,(H,2,3);2H,1H3. The maximum atomic E-state index is 12.0. The predicted octanol–water partition coefficient (Wildman–Crippen LogP) is 4.41. The molecule has 3 aromatic rings. The Morgan fingerprint density at radius 1 is 0.833 bits per heavy atom. The Hall–Kier alpha value is -4.63. The molecule has 0 aromatic heterocycles. The molecule has 0 fully saturated rings. The lowest BCUT2D eigenvalue weighted by atomic mass is 10.2. The molecule has 0 bridgehead atoms. The van der Waals surface area contributed by atoms with Gasteiger partial charge in [0.15, 0.2) is 0 Å². The van der Waals surface area contributed by atoms with Gasteiger partial charge in [0.1, 0.15) is 23.0 Å². The second-order valence-corrected chi connectivity index (χ2v) is 6.34. The molecule has 3 rings (SSSR count). The van der Waals surface area contributed by atoms with E-state index in [0.717, 1.165) is 29.7 Å². The molecule has 36 heavy (non-hydrogen) atoms. The van der Waals surface area contributed by atoms with Crippen molar-refractivity contribution in [3.63, 3.8) is 0 Å². The summed E-state index contributed by atoms with van der Waals surface area (Å²) in [6.45, 7) is 5.59. The molecule has 0 aliphatic carbocycles. The number of aliphatic hydroxyl groups is 1. The summed E-state index contributed by atoms with van der Waals surface area (Å²) in [6.07, 6.45) is 1.80. The number of carboxylic acid groups (broad SMARTS) is 1. The molecule has 0 atom stereocenters. The highest BCUT2D eigenvalue weighted by Crippen LogP contribution is 2.24. The van der Waals surface area contributed by atoms with Gasteiger partial charge < -0.3 is 29.2 Å². The highest BCUT2D eigenvalue weighted by Gasteiger charge is 2.10. The van der Waals surface area contributed by atoms with Gasteiger partial charge in [-0.25, -0.2) is 4.79 Å². The lowest BCUT2D eigenvalue weighted by Gasteiger charge is -2.08. The Kier molecular flexibility index (Phi) is 16.3. The molecule has 192 valence electrons. The van der Waals surface area contributed by atoms with Gasteiger partial charge >= 0.3 is 5.97 Å². The molecule has 0 saturated carbocycles. The molecule has 9 heteroatoms. The van der Waals surface area contributed by atoms with E-state index in [-0.39, 0.29) is 6.47 Å². The van der Waals surface area contributed by atoms with E-state index in [1.165, 1.54) is 24.3 Å². The van der Waals surface area contributed by atoms with Crippen molar-refractivity contribution in [3.05, 3.63) is 90.0 Å². The van der Waals surface area contributed by atoms with Crippen molar-refractivity contribution in [2.45, 2.75) is 6.92 Å². The molecule has 0 aliphatic rings. The normalized spacial score (nSPS) is 8.69. The first-order chi connectivity index (χ1) is 17.4. The third-order valence-electron chi connectivity index (χ3n) is 4.20. The third kappa shape index (κ3) is 11.5. The average molecular weight is 499 g/mol. The lowest BCUT2D eigenvalue weighted by molar-refractivity contribution is -0.123. The monoisotopic (exact) mass is 498 g/mol. The summed E-state index contributed by atoms with van der Waals surface area (Å²) >= 11 is 0. The van der Waals surface area contributed by atoms with Crippen molar-refractivity contribution in [2.75, 3.05) is 21.3 Å². The SMILES string of the molecule is C=Cc1ccc(OC)cc1.CO.COc1ccc(OC(=O)c2ccc(OC=O)cc2)cc1C.O=CO. The van der Waals surface area contributed by atoms with Gasteiger partial charge in [-0.05, 0) is 72.6 Å². The van der Waals surface area contributed by atoms with E-state index in [1.54, 1.807) is 38.5 Å². The van der Waals surface area contributed by atoms with Crippen molar-refractivity contribution in [1.82, 2.24) is 0 Å². The minimum absolute atomic E-state index is 0.250. The fourth-order valence-corrected chi connectivity index (χ4v) is 2.55. The summed E-state index contributed by atoms with van der Waals surface area (Å²) < 4.78 is 20.1. The van der Waals surface area contributed by atoms with E-state index in [2.05, 4.69) is 11.3 Å². The smallest absolute Gasteiger partial charge is 0.343 e. The first-order valence-electron chi connectivity index (χ1n) is 10.3. The molecule has 0 saturated heterocycles. The summed E-state index contributed by atoms with van der Waals surface area (Å²) in [5.74, 6) is 1.92. The van der Waals surface area contributed by atoms with Crippen LogP contribution in [0, 0.1) is 6.92 Å². The summed E-state index contributed by atoms with van der Waals surface area (Å²) in [5, 5.41) is 13.9. The average Bonchev–Trinajstić information content (AvgIpc) is 2.91. The Morgan fingerprint density at radius 3 is 1.81 bits per heavy atom. The highest BCUT2D eigenvalue weighted by molar-refractivity contribution is 5.91. The van der Waals surface area contributed by atoms with Gasteiger partial charge in [-0.1, -0.05) is 24.8 Å². The van der Waals surface area contributed by atoms with Crippen LogP contribution in [0.2, 0.25) is 0 Å². The first kappa shape index (κ1) is 31.4. The second-order valence-electron chi connectivity index (χ2n) is 6.34. The van der Waals surface area contributed by atoms with Gasteiger partial charge in [-0.2, -0.15) is 0 Å². The van der Waals surface area contributed by atoms with Crippen molar-refractivity contribution >= 4 is 25.0 Å². The summed E-state index contributed by atoms with van der Waals surface area (Å²) in [5.41, 5.74) is 2.35. The first-order valence-corrected chi connectivity index (χ1v) is 10.3. The fraction of sp³-hybridized carbons (Fsp3) is 0.148. The molecular weight excluding hydrogens is 468 g/mol. The number of hydrogen-bond donors (Lipinski definition) is 2. The van der Waals surface area contributed by atoms with E-state index in [0.29, 0.717) is 23.5 Å². The zero-order valence-corrected chi connectivity index (χ0v) is 20.5. The largest absolute Gasteiger partial charge is 0.497 e. The van der Waals surface area contributed by atoms with Crippen molar-refractivity contribution in [1.29, 1.82) is 0 Å². The van der Waals surface area contributed by atoms with Crippen LogP contribution >= 0.6 is 0 Å². The van der Waals surface area contributed by atoms with Crippen molar-refractivity contribution in [2.24, 2.45) is 0 Å². The summed E-state index contributed by atoms with van der Waals surface area (Å²) in [7, 11) is 4.24. The molecule has 9 nitrogen and oxygen atoms in total. The lowest BCUT2D eigenvalue weighted by Crippen LogP contribution is -2.08. The van der Waals surface area contributed by atoms with Crippen LogP contribution in [-0.4, -0.2) is 50.5 Å². The fourth-order valence-electron chi connectivity index (χ4n) is 2.55. The van der Waals surface area contributed by atoms with Crippen LogP contribution in [0.4, 0.5) is 0 Å². The number of ether oxygens (including phenoxy) is 4. The van der Waals surface area contributed by atoms with Crippen molar-refractivity contribution < 1.29 is 43.5 Å². The van der Waals surface area contributed by atoms with E-state index >= 15 is 0 Å². The third-order valence-corrected chi connectivity index (χ3v) is 4.20. The van der Waals surface area contributed by atoms with Crippen LogP contribution in [-0.2, 0) is 9.59 Å². The topological polar surface area (TPSA) is 129 Å². The van der Waals surface area contributed by atoms with Crippen LogP contribution < -0.4 is 18.9 Å². The van der Waals surface area contributed by atoms with Gasteiger partial charge in [-0.3, -0.25) is 9.59 Å². The number of esters is 1. The number of hydrogen-bond acceptors (Lipinski definition) is 8. The quantitative estimate of drug-likeness (QED) is 0.276. The zero-order valence-electron chi connectivity index (χ0n) is 20.5. The number of aryl methyl sites for hydroxylation is 1. The van der Waals surface area contributed by atoms with E-state index in [9.17, 15) is 9.59 Å². The van der Waals surface area contributed by atoms with Gasteiger partial charge in [0, 0.05) is 7.11 Å². The maximum Gasteiger partial charge on any atom is 0.343 e. The number of aliphatic hydroxyl groups excluding tert-OH is 1. The zero-order chi connectivity index (χ0) is 27.3. The summed E-state index contributed by atoms with van der Waals surface area (Å²) in [6, 6.07) is 19.0. The number of carbonyl (C=O) groups excluding carboxylic acids is 2.